The minimum atomic E-state index is -0.138. The largest absolute Gasteiger partial charge is 0.359 e. The lowest BCUT2D eigenvalue weighted by molar-refractivity contribution is 0.0947. The lowest BCUT2D eigenvalue weighted by Gasteiger charge is -2.01. The van der Waals surface area contributed by atoms with Gasteiger partial charge >= 0.3 is 0 Å². The molecule has 3 rings (SSSR count). The zero-order valence-corrected chi connectivity index (χ0v) is 12.8. The Hall–Kier alpha value is -2.95. The third-order valence-electron chi connectivity index (χ3n) is 3.49. The van der Waals surface area contributed by atoms with Crippen LogP contribution in [-0.4, -0.2) is 16.0 Å². The van der Waals surface area contributed by atoms with Crippen molar-refractivity contribution >= 4 is 5.91 Å². The van der Waals surface area contributed by atoms with Gasteiger partial charge in [0, 0.05) is 29.1 Å². The number of carbonyl (C=O) groups excluding carboxylic acids is 1. The van der Waals surface area contributed by atoms with Crippen LogP contribution in [-0.2, 0) is 13.0 Å². The summed E-state index contributed by atoms with van der Waals surface area (Å²) in [4.78, 5) is 16.3. The van der Waals surface area contributed by atoms with E-state index in [9.17, 15) is 4.79 Å². The Morgan fingerprint density at radius 1 is 1.17 bits per heavy atom. The molecule has 1 aromatic carbocycles. The van der Waals surface area contributed by atoms with Crippen LogP contribution < -0.4 is 5.32 Å². The first-order valence-electron chi connectivity index (χ1n) is 7.50. The van der Waals surface area contributed by atoms with Gasteiger partial charge in [-0.3, -0.25) is 9.78 Å². The molecule has 0 radical (unpaired) electrons. The van der Waals surface area contributed by atoms with E-state index in [0.29, 0.717) is 17.9 Å². The standard InChI is InChI=1S/C18H17N3O2/c1-2-15-10-14(8-9-19-15)17-11-16(23-21-17)12-20-18(22)13-6-4-3-5-7-13/h3-11H,2,12H2,1H3,(H,20,22). The third kappa shape index (κ3) is 3.63. The maximum Gasteiger partial charge on any atom is 0.251 e. The molecule has 2 aromatic heterocycles. The van der Waals surface area contributed by atoms with Gasteiger partial charge in [-0.1, -0.05) is 30.3 Å². The molecule has 0 spiro atoms. The Morgan fingerprint density at radius 2 is 2.00 bits per heavy atom. The lowest BCUT2D eigenvalue weighted by atomic mass is 10.1. The molecule has 2 heterocycles. The number of hydrogen-bond acceptors (Lipinski definition) is 4. The van der Waals surface area contributed by atoms with Crippen molar-refractivity contribution in [1.29, 1.82) is 0 Å². The second-order valence-electron chi connectivity index (χ2n) is 5.12. The van der Waals surface area contributed by atoms with E-state index in [0.717, 1.165) is 23.4 Å². The van der Waals surface area contributed by atoms with Crippen LogP contribution in [0.3, 0.4) is 0 Å². The fourth-order valence-corrected chi connectivity index (χ4v) is 2.22. The minimum absolute atomic E-state index is 0.138. The van der Waals surface area contributed by atoms with Gasteiger partial charge < -0.3 is 9.84 Å². The number of aryl methyl sites for hydroxylation is 1. The van der Waals surface area contributed by atoms with E-state index in [1.165, 1.54) is 0 Å². The smallest absolute Gasteiger partial charge is 0.251 e. The van der Waals surface area contributed by atoms with Gasteiger partial charge in [-0.15, -0.1) is 0 Å². The third-order valence-corrected chi connectivity index (χ3v) is 3.49. The van der Waals surface area contributed by atoms with Crippen LogP contribution in [0.1, 0.15) is 28.7 Å². The maximum absolute atomic E-state index is 12.0. The van der Waals surface area contributed by atoms with E-state index in [-0.39, 0.29) is 5.91 Å². The number of benzene rings is 1. The first kappa shape index (κ1) is 15.0. The summed E-state index contributed by atoms with van der Waals surface area (Å²) in [6, 6.07) is 14.8. The summed E-state index contributed by atoms with van der Waals surface area (Å²) in [5, 5.41) is 6.88. The van der Waals surface area contributed by atoms with Crippen molar-refractivity contribution in [3.8, 4) is 11.3 Å². The van der Waals surface area contributed by atoms with Crippen LogP contribution in [0.15, 0.2) is 59.3 Å². The Kier molecular flexibility index (Phi) is 4.47. The summed E-state index contributed by atoms with van der Waals surface area (Å²) < 4.78 is 5.29. The zero-order chi connectivity index (χ0) is 16.1. The predicted octanol–water partition coefficient (Wildman–Crippen LogP) is 3.23. The average Bonchev–Trinajstić information content (AvgIpc) is 3.09. The molecule has 5 heteroatoms. The molecular formula is C18H17N3O2. The number of pyridine rings is 1. The van der Waals surface area contributed by atoms with Gasteiger partial charge in [0.25, 0.3) is 5.91 Å². The number of nitrogens with one attached hydrogen (secondary N) is 1. The molecule has 0 saturated heterocycles. The predicted molar refractivity (Wildman–Crippen MR) is 86.7 cm³/mol. The van der Waals surface area contributed by atoms with Crippen LogP contribution in [0.2, 0.25) is 0 Å². The normalized spacial score (nSPS) is 10.5. The fourth-order valence-electron chi connectivity index (χ4n) is 2.22. The summed E-state index contributed by atoms with van der Waals surface area (Å²) in [5.41, 5.74) is 3.32. The van der Waals surface area contributed by atoms with Crippen LogP contribution in [0.25, 0.3) is 11.3 Å². The van der Waals surface area contributed by atoms with Crippen molar-refractivity contribution < 1.29 is 9.32 Å². The van der Waals surface area contributed by atoms with Gasteiger partial charge in [-0.25, -0.2) is 0 Å². The Labute approximate surface area is 134 Å². The highest BCUT2D eigenvalue weighted by Gasteiger charge is 2.09. The molecule has 1 N–H and O–H groups in total. The van der Waals surface area contributed by atoms with E-state index in [1.54, 1.807) is 18.3 Å². The van der Waals surface area contributed by atoms with Crippen molar-refractivity contribution in [2.75, 3.05) is 0 Å². The van der Waals surface area contributed by atoms with Crippen LogP contribution in [0.4, 0.5) is 0 Å². The highest BCUT2D eigenvalue weighted by molar-refractivity contribution is 5.94. The van der Waals surface area contributed by atoms with Gasteiger partial charge in [0.2, 0.25) is 0 Å². The van der Waals surface area contributed by atoms with E-state index in [4.69, 9.17) is 4.52 Å². The Bertz CT molecular complexity index is 797. The monoisotopic (exact) mass is 307 g/mol. The Morgan fingerprint density at radius 3 is 2.78 bits per heavy atom. The summed E-state index contributed by atoms with van der Waals surface area (Å²) in [5.74, 6) is 0.472. The number of carbonyl (C=O) groups is 1. The Balaban J connectivity index is 1.66. The second kappa shape index (κ2) is 6.87. The first-order chi connectivity index (χ1) is 11.3. The summed E-state index contributed by atoms with van der Waals surface area (Å²) >= 11 is 0. The highest BCUT2D eigenvalue weighted by Crippen LogP contribution is 2.19. The summed E-state index contributed by atoms with van der Waals surface area (Å²) in [6.45, 7) is 2.35. The zero-order valence-electron chi connectivity index (χ0n) is 12.8. The molecule has 0 bridgehead atoms. The first-order valence-corrected chi connectivity index (χ1v) is 7.50. The van der Waals surface area contributed by atoms with Gasteiger partial charge in [-0.2, -0.15) is 0 Å². The molecule has 3 aromatic rings. The number of rotatable bonds is 5. The molecule has 23 heavy (non-hydrogen) atoms. The molecule has 0 saturated carbocycles. The number of aromatic nitrogens is 2. The molecule has 0 aliphatic rings. The molecule has 0 fully saturated rings. The highest BCUT2D eigenvalue weighted by atomic mass is 16.5. The van der Waals surface area contributed by atoms with Crippen molar-refractivity contribution in [2.24, 2.45) is 0 Å². The van der Waals surface area contributed by atoms with Crippen molar-refractivity contribution in [3.05, 3.63) is 71.7 Å². The number of nitrogens with zero attached hydrogens (tertiary/aromatic N) is 2. The van der Waals surface area contributed by atoms with E-state index in [2.05, 4.69) is 22.4 Å². The molecule has 0 unspecified atom stereocenters. The van der Waals surface area contributed by atoms with Gasteiger partial charge in [0.05, 0.1) is 6.54 Å². The molecular weight excluding hydrogens is 290 g/mol. The van der Waals surface area contributed by atoms with Gasteiger partial charge in [-0.05, 0) is 30.7 Å². The van der Waals surface area contributed by atoms with Crippen LogP contribution >= 0.6 is 0 Å². The van der Waals surface area contributed by atoms with E-state index < -0.39 is 0 Å². The molecule has 0 aliphatic heterocycles. The average molecular weight is 307 g/mol. The topological polar surface area (TPSA) is 68.0 Å². The molecule has 5 nitrogen and oxygen atoms in total. The fraction of sp³-hybridized carbons (Fsp3) is 0.167. The molecule has 0 atom stereocenters. The van der Waals surface area contributed by atoms with Gasteiger partial charge in [0.15, 0.2) is 5.76 Å². The maximum atomic E-state index is 12.0. The summed E-state index contributed by atoms with van der Waals surface area (Å²) in [7, 11) is 0. The van der Waals surface area contributed by atoms with Crippen molar-refractivity contribution in [3.63, 3.8) is 0 Å². The van der Waals surface area contributed by atoms with E-state index >= 15 is 0 Å². The van der Waals surface area contributed by atoms with Crippen molar-refractivity contribution in [2.45, 2.75) is 19.9 Å². The molecule has 1 amide bonds. The quantitative estimate of drug-likeness (QED) is 0.786. The van der Waals surface area contributed by atoms with Crippen molar-refractivity contribution in [1.82, 2.24) is 15.5 Å². The second-order valence-corrected chi connectivity index (χ2v) is 5.12. The minimum Gasteiger partial charge on any atom is -0.359 e. The lowest BCUT2D eigenvalue weighted by Crippen LogP contribution is -2.22. The van der Waals surface area contributed by atoms with Crippen LogP contribution in [0, 0.1) is 0 Å². The molecule has 0 aliphatic carbocycles. The van der Waals surface area contributed by atoms with Crippen LogP contribution in [0.5, 0.6) is 0 Å². The number of amides is 1. The summed E-state index contributed by atoms with van der Waals surface area (Å²) in [6.07, 6.45) is 2.63. The SMILES string of the molecule is CCc1cc(-c2cc(CNC(=O)c3ccccc3)on2)ccn1. The van der Waals surface area contributed by atoms with Gasteiger partial charge in [0.1, 0.15) is 5.69 Å². The molecule has 116 valence electrons. The number of hydrogen-bond donors (Lipinski definition) is 1. The van der Waals surface area contributed by atoms with E-state index in [1.807, 2.05) is 36.4 Å².